The quantitative estimate of drug-likeness (QED) is 0.752. The molecule has 0 aromatic carbocycles. The lowest BCUT2D eigenvalue weighted by Gasteiger charge is -2.04. The van der Waals surface area contributed by atoms with Crippen LogP contribution >= 0.6 is 0 Å². The number of nitrogens with zero attached hydrogens (tertiary/aromatic N) is 2. The predicted molar refractivity (Wildman–Crippen MR) is 56.0 cm³/mol. The van der Waals surface area contributed by atoms with Crippen molar-refractivity contribution in [1.29, 1.82) is 0 Å². The van der Waals surface area contributed by atoms with Crippen LogP contribution < -0.4 is 0 Å². The smallest absolute Gasteiger partial charge is 0.147 e. The van der Waals surface area contributed by atoms with Crippen LogP contribution in [0.4, 0.5) is 0 Å². The molecule has 80 valence electrons. The van der Waals surface area contributed by atoms with E-state index in [4.69, 9.17) is 0 Å². The van der Waals surface area contributed by atoms with Crippen molar-refractivity contribution in [3.05, 3.63) is 17.7 Å². The Morgan fingerprint density at radius 3 is 2.50 bits per heavy atom. The molecule has 0 fully saturated rings. The molecule has 1 aromatic rings. The van der Waals surface area contributed by atoms with Gasteiger partial charge >= 0.3 is 0 Å². The lowest BCUT2D eigenvalue weighted by molar-refractivity contribution is 0.590. The number of sulfone groups is 1. The van der Waals surface area contributed by atoms with Crippen LogP contribution in [0, 0.1) is 13.8 Å². The van der Waals surface area contributed by atoms with Gasteiger partial charge in [-0.2, -0.15) is 0 Å². The van der Waals surface area contributed by atoms with E-state index in [1.807, 2.05) is 18.4 Å². The summed E-state index contributed by atoms with van der Waals surface area (Å²) < 4.78 is 23.8. The molecule has 14 heavy (non-hydrogen) atoms. The minimum Gasteiger partial charge on any atom is -0.335 e. The monoisotopic (exact) mass is 216 g/mol. The van der Waals surface area contributed by atoms with Crippen LogP contribution in [0.15, 0.2) is 6.33 Å². The molecule has 1 aromatic heterocycles. The van der Waals surface area contributed by atoms with Crippen LogP contribution in [0.25, 0.3) is 0 Å². The van der Waals surface area contributed by atoms with Crippen molar-refractivity contribution >= 4 is 9.84 Å². The Bertz CT molecular complexity index is 406. The standard InChI is InChI=1S/C9H16N2O2S/c1-8-9(2)11(7-10-8)5-4-6-14(3,12)13/h7H,4-6H2,1-3H3. The van der Waals surface area contributed by atoms with E-state index in [1.165, 1.54) is 6.26 Å². The number of rotatable bonds is 4. The average molecular weight is 216 g/mol. The molecule has 0 unspecified atom stereocenters. The van der Waals surface area contributed by atoms with Gasteiger partial charge in [-0.25, -0.2) is 13.4 Å². The number of hydrogen-bond donors (Lipinski definition) is 0. The summed E-state index contributed by atoms with van der Waals surface area (Å²) in [5, 5.41) is 0. The maximum absolute atomic E-state index is 10.9. The zero-order valence-corrected chi connectivity index (χ0v) is 9.63. The van der Waals surface area contributed by atoms with Gasteiger partial charge in [-0.1, -0.05) is 0 Å². The highest BCUT2D eigenvalue weighted by Crippen LogP contribution is 2.05. The van der Waals surface area contributed by atoms with Crippen LogP contribution in [0.3, 0.4) is 0 Å². The SMILES string of the molecule is Cc1ncn(CCCS(C)(=O)=O)c1C. The van der Waals surface area contributed by atoms with Crippen molar-refractivity contribution < 1.29 is 8.42 Å². The summed E-state index contributed by atoms with van der Waals surface area (Å²) in [6.45, 7) is 4.66. The van der Waals surface area contributed by atoms with Crippen LogP contribution in [0.2, 0.25) is 0 Å². The van der Waals surface area contributed by atoms with E-state index in [0.29, 0.717) is 6.42 Å². The fourth-order valence-corrected chi connectivity index (χ4v) is 1.92. The third-order valence-corrected chi connectivity index (χ3v) is 3.29. The Kier molecular flexibility index (Phi) is 3.31. The maximum Gasteiger partial charge on any atom is 0.147 e. The second-order valence-electron chi connectivity index (χ2n) is 3.59. The Morgan fingerprint density at radius 1 is 1.43 bits per heavy atom. The largest absolute Gasteiger partial charge is 0.335 e. The summed E-state index contributed by atoms with van der Waals surface area (Å²) in [4.78, 5) is 4.14. The zero-order valence-electron chi connectivity index (χ0n) is 8.82. The maximum atomic E-state index is 10.9. The van der Waals surface area contributed by atoms with Crippen molar-refractivity contribution in [2.75, 3.05) is 12.0 Å². The minimum atomic E-state index is -2.83. The van der Waals surface area contributed by atoms with E-state index in [2.05, 4.69) is 4.98 Å². The molecule has 1 rings (SSSR count). The Hall–Kier alpha value is -0.840. The molecule has 0 aliphatic heterocycles. The third-order valence-electron chi connectivity index (χ3n) is 2.26. The van der Waals surface area contributed by atoms with Crippen molar-refractivity contribution in [1.82, 2.24) is 9.55 Å². The molecule has 0 atom stereocenters. The van der Waals surface area contributed by atoms with E-state index < -0.39 is 9.84 Å². The van der Waals surface area contributed by atoms with Crippen LogP contribution in [-0.4, -0.2) is 30.0 Å². The van der Waals surface area contributed by atoms with E-state index >= 15 is 0 Å². The minimum absolute atomic E-state index is 0.240. The summed E-state index contributed by atoms with van der Waals surface area (Å²) in [6, 6.07) is 0. The lowest BCUT2D eigenvalue weighted by Crippen LogP contribution is -2.07. The van der Waals surface area contributed by atoms with Gasteiger partial charge in [0, 0.05) is 18.5 Å². The van der Waals surface area contributed by atoms with Gasteiger partial charge < -0.3 is 4.57 Å². The molecule has 0 aliphatic rings. The zero-order chi connectivity index (χ0) is 10.8. The predicted octanol–water partition coefficient (Wildman–Crippen LogP) is 0.935. The van der Waals surface area contributed by atoms with E-state index in [-0.39, 0.29) is 5.75 Å². The third kappa shape index (κ3) is 3.14. The van der Waals surface area contributed by atoms with Crippen molar-refractivity contribution in [3.8, 4) is 0 Å². The highest BCUT2D eigenvalue weighted by atomic mass is 32.2. The number of hydrogen-bond acceptors (Lipinski definition) is 3. The molecule has 0 amide bonds. The molecule has 1 heterocycles. The molecule has 0 radical (unpaired) electrons. The first kappa shape index (κ1) is 11.2. The van der Waals surface area contributed by atoms with Crippen molar-refractivity contribution in [2.24, 2.45) is 0 Å². The molecular weight excluding hydrogens is 200 g/mol. The molecular formula is C9H16N2O2S. The first-order chi connectivity index (χ1) is 6.40. The summed E-state index contributed by atoms with van der Waals surface area (Å²) in [6.07, 6.45) is 3.67. The van der Waals surface area contributed by atoms with Gasteiger partial charge in [0.05, 0.1) is 17.8 Å². The molecule has 0 N–H and O–H groups in total. The Labute approximate surface area is 84.9 Å². The molecule has 4 nitrogen and oxygen atoms in total. The van der Waals surface area contributed by atoms with Crippen LogP contribution in [-0.2, 0) is 16.4 Å². The van der Waals surface area contributed by atoms with Crippen LogP contribution in [0.5, 0.6) is 0 Å². The number of aryl methyl sites for hydroxylation is 2. The van der Waals surface area contributed by atoms with Gasteiger partial charge in [0.25, 0.3) is 0 Å². The highest BCUT2D eigenvalue weighted by Gasteiger charge is 2.04. The molecule has 0 aliphatic carbocycles. The van der Waals surface area contributed by atoms with Gasteiger partial charge in [0.2, 0.25) is 0 Å². The van der Waals surface area contributed by atoms with Crippen molar-refractivity contribution in [3.63, 3.8) is 0 Å². The second kappa shape index (κ2) is 4.13. The van der Waals surface area contributed by atoms with Gasteiger partial charge in [-0.05, 0) is 20.3 Å². The van der Waals surface area contributed by atoms with Gasteiger partial charge in [0.1, 0.15) is 9.84 Å². The molecule has 0 saturated carbocycles. The van der Waals surface area contributed by atoms with E-state index in [1.54, 1.807) is 6.33 Å². The average Bonchev–Trinajstić information content (AvgIpc) is 2.33. The normalized spacial score (nSPS) is 11.9. The fourth-order valence-electron chi connectivity index (χ4n) is 1.27. The topological polar surface area (TPSA) is 52.0 Å². The number of imidazole rings is 1. The fraction of sp³-hybridized carbons (Fsp3) is 0.667. The first-order valence-corrected chi connectivity index (χ1v) is 6.62. The van der Waals surface area contributed by atoms with Gasteiger partial charge in [0.15, 0.2) is 0 Å². The lowest BCUT2D eigenvalue weighted by atomic mass is 10.3. The van der Waals surface area contributed by atoms with Crippen LogP contribution in [0.1, 0.15) is 17.8 Å². The number of aromatic nitrogens is 2. The summed E-state index contributed by atoms with van der Waals surface area (Å²) >= 11 is 0. The van der Waals surface area contributed by atoms with Crippen molar-refractivity contribution in [2.45, 2.75) is 26.8 Å². The summed E-state index contributed by atoms with van der Waals surface area (Å²) in [5.74, 6) is 0.240. The Balaban J connectivity index is 2.51. The second-order valence-corrected chi connectivity index (χ2v) is 5.85. The highest BCUT2D eigenvalue weighted by molar-refractivity contribution is 7.90. The molecule has 5 heteroatoms. The molecule has 0 bridgehead atoms. The first-order valence-electron chi connectivity index (χ1n) is 4.56. The molecule has 0 saturated heterocycles. The van der Waals surface area contributed by atoms with E-state index in [9.17, 15) is 8.42 Å². The molecule has 0 spiro atoms. The van der Waals surface area contributed by atoms with Gasteiger partial charge in [-0.3, -0.25) is 0 Å². The summed E-state index contributed by atoms with van der Waals surface area (Å²) in [5.41, 5.74) is 2.11. The Morgan fingerprint density at radius 2 is 2.07 bits per heavy atom. The van der Waals surface area contributed by atoms with Gasteiger partial charge in [-0.15, -0.1) is 0 Å². The van der Waals surface area contributed by atoms with E-state index in [0.717, 1.165) is 17.9 Å². The summed E-state index contributed by atoms with van der Waals surface area (Å²) in [7, 11) is -2.83.